The summed E-state index contributed by atoms with van der Waals surface area (Å²) in [6, 6.07) is 10.1. The summed E-state index contributed by atoms with van der Waals surface area (Å²) in [5.74, 6) is 0.0799. The summed E-state index contributed by atoms with van der Waals surface area (Å²) in [6.45, 7) is 0. The molecule has 2 aromatic carbocycles. The lowest BCUT2D eigenvalue weighted by Crippen LogP contribution is -2.10. The fourth-order valence-electron chi connectivity index (χ4n) is 2.01. The second-order valence-corrected chi connectivity index (χ2v) is 4.48. The van der Waals surface area contributed by atoms with Gasteiger partial charge in [0.05, 0.1) is 18.5 Å². The molecule has 21 heavy (non-hydrogen) atoms. The number of hydrogen-bond donors (Lipinski definition) is 2. The molecule has 3 rings (SSSR count). The predicted molar refractivity (Wildman–Crippen MR) is 78.3 cm³/mol. The van der Waals surface area contributed by atoms with Gasteiger partial charge in [0.1, 0.15) is 16.8 Å². The van der Waals surface area contributed by atoms with Crippen molar-refractivity contribution in [2.45, 2.75) is 0 Å². The lowest BCUT2D eigenvalue weighted by atomic mass is 10.2. The fourth-order valence-corrected chi connectivity index (χ4v) is 2.01. The van der Waals surface area contributed by atoms with Crippen LogP contribution in [0.1, 0.15) is 10.4 Å². The van der Waals surface area contributed by atoms with Crippen molar-refractivity contribution < 1.29 is 9.53 Å². The largest absolute Gasteiger partial charge is 0.495 e. The summed E-state index contributed by atoms with van der Waals surface area (Å²) in [6.07, 6.45) is 0. The molecular weight excluding hydrogens is 270 g/mol. The third-order valence-electron chi connectivity index (χ3n) is 3.11. The Labute approximate surface area is 120 Å². The zero-order valence-electron chi connectivity index (χ0n) is 11.3. The molecule has 1 aromatic heterocycles. The third-order valence-corrected chi connectivity index (χ3v) is 3.11. The van der Waals surface area contributed by atoms with E-state index in [-0.39, 0.29) is 0 Å². The van der Waals surface area contributed by atoms with Crippen molar-refractivity contribution in [2.24, 2.45) is 5.73 Å². The number of primary amides is 1. The van der Waals surface area contributed by atoms with Gasteiger partial charge in [0.2, 0.25) is 5.91 Å². The average molecular weight is 283 g/mol. The van der Waals surface area contributed by atoms with Crippen LogP contribution in [0.25, 0.3) is 16.7 Å². The number of ether oxygens (including phenoxy) is 1. The molecule has 0 atom stereocenters. The van der Waals surface area contributed by atoms with Crippen molar-refractivity contribution in [3.05, 3.63) is 42.0 Å². The van der Waals surface area contributed by atoms with Crippen molar-refractivity contribution in [1.29, 1.82) is 0 Å². The zero-order chi connectivity index (χ0) is 15.0. The zero-order valence-corrected chi connectivity index (χ0v) is 11.3. The topological polar surface area (TPSA) is 109 Å². The van der Waals surface area contributed by atoms with E-state index < -0.39 is 5.91 Å². The van der Waals surface area contributed by atoms with Crippen LogP contribution in [0.3, 0.4) is 0 Å². The number of amides is 1. The van der Waals surface area contributed by atoms with Gasteiger partial charge in [0.25, 0.3) is 0 Å². The molecule has 0 saturated carbocycles. The Morgan fingerprint density at radius 3 is 2.33 bits per heavy atom. The number of carbonyl (C=O) groups excluding carboxylic acids is 1. The highest BCUT2D eigenvalue weighted by Gasteiger charge is 2.09. The van der Waals surface area contributed by atoms with Crippen molar-refractivity contribution in [1.82, 2.24) is 15.0 Å². The lowest BCUT2D eigenvalue weighted by molar-refractivity contribution is 0.100. The molecule has 0 unspecified atom stereocenters. The standard InChI is InChI=1S/C14H13N5O2/c1-21-13-7-12-11(6-10(13)15)17-19(18-12)9-4-2-8(3-5-9)14(16)20/h2-7H,15H2,1H3,(H2,16,20). The van der Waals surface area contributed by atoms with E-state index in [4.69, 9.17) is 16.2 Å². The van der Waals surface area contributed by atoms with Crippen LogP contribution in [0.2, 0.25) is 0 Å². The number of hydrogen-bond acceptors (Lipinski definition) is 5. The van der Waals surface area contributed by atoms with Crippen LogP contribution in [0.4, 0.5) is 5.69 Å². The van der Waals surface area contributed by atoms with E-state index in [0.717, 1.165) is 0 Å². The fraction of sp³-hybridized carbons (Fsp3) is 0.0714. The van der Waals surface area contributed by atoms with Crippen molar-refractivity contribution in [3.8, 4) is 11.4 Å². The maximum absolute atomic E-state index is 11.1. The van der Waals surface area contributed by atoms with Crippen LogP contribution in [-0.4, -0.2) is 28.0 Å². The van der Waals surface area contributed by atoms with Crippen LogP contribution < -0.4 is 16.2 Å². The highest BCUT2D eigenvalue weighted by atomic mass is 16.5. The molecule has 7 nitrogen and oxygen atoms in total. The van der Waals surface area contributed by atoms with E-state index >= 15 is 0 Å². The molecule has 4 N–H and O–H groups in total. The Bertz CT molecular complexity index is 823. The van der Waals surface area contributed by atoms with Crippen molar-refractivity contribution in [2.75, 3.05) is 12.8 Å². The average Bonchev–Trinajstić information content (AvgIpc) is 2.89. The van der Waals surface area contributed by atoms with Gasteiger partial charge in [-0.15, -0.1) is 10.2 Å². The Hall–Kier alpha value is -3.09. The van der Waals surface area contributed by atoms with Gasteiger partial charge in [-0.2, -0.15) is 4.80 Å². The molecule has 0 spiro atoms. The molecule has 0 saturated heterocycles. The molecule has 0 aliphatic rings. The molecule has 0 aliphatic heterocycles. The number of methoxy groups -OCH3 is 1. The number of nitrogen functional groups attached to an aromatic ring is 1. The lowest BCUT2D eigenvalue weighted by Gasteiger charge is -2.01. The second-order valence-electron chi connectivity index (χ2n) is 4.48. The number of carbonyl (C=O) groups is 1. The Kier molecular flexibility index (Phi) is 2.94. The van der Waals surface area contributed by atoms with Crippen LogP contribution in [0.15, 0.2) is 36.4 Å². The van der Waals surface area contributed by atoms with E-state index in [2.05, 4.69) is 10.2 Å². The van der Waals surface area contributed by atoms with E-state index in [1.807, 2.05) is 0 Å². The summed E-state index contributed by atoms with van der Waals surface area (Å²) in [5.41, 5.74) is 14.0. The molecule has 0 aliphatic carbocycles. The van der Waals surface area contributed by atoms with Gasteiger partial charge in [-0.25, -0.2) is 0 Å². The molecule has 3 aromatic rings. The number of benzene rings is 2. The van der Waals surface area contributed by atoms with Gasteiger partial charge in [0, 0.05) is 11.6 Å². The van der Waals surface area contributed by atoms with Gasteiger partial charge in [0.15, 0.2) is 0 Å². The van der Waals surface area contributed by atoms with Crippen LogP contribution in [0.5, 0.6) is 5.75 Å². The molecule has 0 fully saturated rings. The van der Waals surface area contributed by atoms with Crippen LogP contribution >= 0.6 is 0 Å². The first-order valence-electron chi connectivity index (χ1n) is 6.19. The molecule has 106 valence electrons. The normalized spacial score (nSPS) is 10.7. The number of nitrogens with two attached hydrogens (primary N) is 2. The molecular formula is C14H13N5O2. The summed E-state index contributed by atoms with van der Waals surface area (Å²) in [4.78, 5) is 12.5. The van der Waals surface area contributed by atoms with E-state index in [1.54, 1.807) is 43.5 Å². The van der Waals surface area contributed by atoms with E-state index in [1.165, 1.54) is 4.80 Å². The minimum atomic E-state index is -0.474. The quantitative estimate of drug-likeness (QED) is 0.700. The first-order chi connectivity index (χ1) is 10.1. The number of nitrogens with zero attached hydrogens (tertiary/aromatic N) is 3. The number of fused-ring (bicyclic) bond motifs is 1. The van der Waals surface area contributed by atoms with Crippen molar-refractivity contribution >= 4 is 22.6 Å². The summed E-state index contributed by atoms with van der Waals surface area (Å²) in [7, 11) is 1.55. The minimum Gasteiger partial charge on any atom is -0.495 e. The predicted octanol–water partition coefficient (Wildman–Crippen LogP) is 1.11. The molecule has 1 heterocycles. The monoisotopic (exact) mass is 283 g/mol. The van der Waals surface area contributed by atoms with Gasteiger partial charge in [-0.1, -0.05) is 0 Å². The maximum atomic E-state index is 11.1. The van der Waals surface area contributed by atoms with Crippen LogP contribution in [-0.2, 0) is 0 Å². The minimum absolute atomic E-state index is 0.432. The number of rotatable bonds is 3. The first-order valence-corrected chi connectivity index (χ1v) is 6.19. The SMILES string of the molecule is COc1cc2nn(-c3ccc(C(N)=O)cc3)nc2cc1N. The van der Waals surface area contributed by atoms with Crippen molar-refractivity contribution in [3.63, 3.8) is 0 Å². The van der Waals surface area contributed by atoms with E-state index in [0.29, 0.717) is 33.7 Å². The Morgan fingerprint density at radius 2 is 1.76 bits per heavy atom. The Balaban J connectivity index is 2.06. The van der Waals surface area contributed by atoms with Crippen LogP contribution in [0, 0.1) is 0 Å². The van der Waals surface area contributed by atoms with Gasteiger partial charge >= 0.3 is 0 Å². The summed E-state index contributed by atoms with van der Waals surface area (Å²) >= 11 is 0. The molecule has 0 bridgehead atoms. The molecule has 0 radical (unpaired) electrons. The molecule has 1 amide bonds. The molecule has 7 heteroatoms. The summed E-state index contributed by atoms with van der Waals surface area (Å²) < 4.78 is 5.16. The number of aromatic nitrogens is 3. The van der Waals surface area contributed by atoms with Gasteiger partial charge in [-0.05, 0) is 30.3 Å². The Morgan fingerprint density at radius 1 is 1.14 bits per heavy atom. The first kappa shape index (κ1) is 12.9. The maximum Gasteiger partial charge on any atom is 0.248 e. The number of anilines is 1. The second kappa shape index (κ2) is 4.78. The van der Waals surface area contributed by atoms with E-state index in [9.17, 15) is 4.79 Å². The third kappa shape index (κ3) is 2.25. The van der Waals surface area contributed by atoms with Gasteiger partial charge < -0.3 is 16.2 Å². The smallest absolute Gasteiger partial charge is 0.248 e. The summed E-state index contributed by atoms with van der Waals surface area (Å²) in [5, 5.41) is 8.71. The highest BCUT2D eigenvalue weighted by Crippen LogP contribution is 2.26. The van der Waals surface area contributed by atoms with Gasteiger partial charge in [-0.3, -0.25) is 4.79 Å². The highest BCUT2D eigenvalue weighted by molar-refractivity contribution is 5.92.